The van der Waals surface area contributed by atoms with Crippen molar-refractivity contribution in [2.24, 2.45) is 10.8 Å². The molecule has 0 amide bonds. The lowest BCUT2D eigenvalue weighted by Gasteiger charge is -2.37. The zero-order valence-electron chi connectivity index (χ0n) is 11.0. The van der Waals surface area contributed by atoms with Gasteiger partial charge in [0.05, 0.1) is 7.11 Å². The second-order valence-electron chi connectivity index (χ2n) is 5.83. The molecule has 1 aliphatic rings. The predicted octanol–water partition coefficient (Wildman–Crippen LogP) is 3.49. The van der Waals surface area contributed by atoms with Crippen LogP contribution in [0.4, 0.5) is 0 Å². The molecular weight excluding hydrogens is 200 g/mol. The van der Waals surface area contributed by atoms with Gasteiger partial charge in [-0.25, -0.2) is 4.79 Å². The van der Waals surface area contributed by atoms with Crippen LogP contribution < -0.4 is 0 Å². The minimum absolute atomic E-state index is 0.153. The Morgan fingerprint density at radius 3 is 2.50 bits per heavy atom. The molecule has 0 saturated heterocycles. The molecular formula is C14H22O2. The molecule has 0 fully saturated rings. The first-order chi connectivity index (χ1) is 7.27. The van der Waals surface area contributed by atoms with Crippen LogP contribution >= 0.6 is 0 Å². The van der Waals surface area contributed by atoms with E-state index in [4.69, 9.17) is 0 Å². The fraction of sp³-hybridized carbons (Fsp3) is 0.643. The molecule has 0 radical (unpaired) electrons. The molecule has 0 heterocycles. The van der Waals surface area contributed by atoms with Crippen molar-refractivity contribution in [3.05, 3.63) is 23.8 Å². The van der Waals surface area contributed by atoms with Gasteiger partial charge in [0.1, 0.15) is 0 Å². The SMILES string of the molecule is COC(=O)/C=C/C1=CC(C)(C)CCC1(C)C. The van der Waals surface area contributed by atoms with Crippen molar-refractivity contribution in [1.29, 1.82) is 0 Å². The maximum Gasteiger partial charge on any atom is 0.330 e. The average Bonchev–Trinajstić information content (AvgIpc) is 2.19. The Morgan fingerprint density at radius 1 is 1.31 bits per heavy atom. The molecule has 90 valence electrons. The number of methoxy groups -OCH3 is 1. The number of carbonyl (C=O) groups excluding carboxylic acids is 1. The summed E-state index contributed by atoms with van der Waals surface area (Å²) >= 11 is 0. The van der Waals surface area contributed by atoms with Crippen molar-refractivity contribution >= 4 is 5.97 Å². The third kappa shape index (κ3) is 3.22. The van der Waals surface area contributed by atoms with Crippen LogP contribution in [0, 0.1) is 10.8 Å². The van der Waals surface area contributed by atoms with E-state index in [9.17, 15) is 4.79 Å². The number of ether oxygens (including phenoxy) is 1. The highest BCUT2D eigenvalue weighted by Crippen LogP contribution is 2.44. The molecule has 0 aromatic heterocycles. The Bertz CT molecular complexity index is 333. The lowest BCUT2D eigenvalue weighted by Crippen LogP contribution is -2.25. The average molecular weight is 222 g/mol. The number of allylic oxidation sites excluding steroid dienone is 3. The van der Waals surface area contributed by atoms with Gasteiger partial charge in [0, 0.05) is 6.08 Å². The smallest absolute Gasteiger partial charge is 0.330 e. The van der Waals surface area contributed by atoms with Gasteiger partial charge in [0.15, 0.2) is 0 Å². The van der Waals surface area contributed by atoms with Gasteiger partial charge >= 0.3 is 5.97 Å². The molecule has 0 aliphatic heterocycles. The van der Waals surface area contributed by atoms with Crippen LogP contribution in [0.5, 0.6) is 0 Å². The molecule has 2 nitrogen and oxygen atoms in total. The molecule has 1 rings (SSSR count). The van der Waals surface area contributed by atoms with Crippen LogP contribution in [0.3, 0.4) is 0 Å². The second-order valence-corrected chi connectivity index (χ2v) is 5.83. The zero-order valence-corrected chi connectivity index (χ0v) is 11.0. The first-order valence-electron chi connectivity index (χ1n) is 5.76. The van der Waals surface area contributed by atoms with Gasteiger partial charge in [0.25, 0.3) is 0 Å². The third-order valence-electron chi connectivity index (χ3n) is 3.32. The summed E-state index contributed by atoms with van der Waals surface area (Å²) in [6, 6.07) is 0. The van der Waals surface area contributed by atoms with E-state index in [-0.39, 0.29) is 16.8 Å². The molecule has 0 aromatic rings. The lowest BCUT2D eigenvalue weighted by atomic mass is 9.67. The fourth-order valence-electron chi connectivity index (χ4n) is 1.97. The lowest BCUT2D eigenvalue weighted by molar-refractivity contribution is -0.134. The zero-order chi connectivity index (χ0) is 12.4. The van der Waals surface area contributed by atoms with Gasteiger partial charge in [-0.15, -0.1) is 0 Å². The van der Waals surface area contributed by atoms with Crippen molar-refractivity contribution in [3.8, 4) is 0 Å². The molecule has 0 saturated carbocycles. The fourth-order valence-corrected chi connectivity index (χ4v) is 1.97. The van der Waals surface area contributed by atoms with Crippen LogP contribution in [-0.4, -0.2) is 13.1 Å². The van der Waals surface area contributed by atoms with Gasteiger partial charge in [-0.3, -0.25) is 0 Å². The summed E-state index contributed by atoms with van der Waals surface area (Å²) in [5.74, 6) is -0.292. The van der Waals surface area contributed by atoms with Crippen molar-refractivity contribution in [2.75, 3.05) is 7.11 Å². The maximum absolute atomic E-state index is 11.1. The van der Waals surface area contributed by atoms with Crippen LogP contribution in [0.15, 0.2) is 23.8 Å². The monoisotopic (exact) mass is 222 g/mol. The predicted molar refractivity (Wildman–Crippen MR) is 66.0 cm³/mol. The maximum atomic E-state index is 11.1. The normalized spacial score (nSPS) is 22.9. The highest BCUT2D eigenvalue weighted by Gasteiger charge is 2.31. The molecule has 1 aliphatic carbocycles. The number of rotatable bonds is 2. The van der Waals surface area contributed by atoms with E-state index in [2.05, 4.69) is 38.5 Å². The molecule has 0 unspecified atom stereocenters. The Hall–Kier alpha value is -1.05. The third-order valence-corrected chi connectivity index (χ3v) is 3.32. The summed E-state index contributed by atoms with van der Waals surface area (Å²) in [6.07, 6.45) is 8.02. The van der Waals surface area contributed by atoms with E-state index in [0.29, 0.717) is 0 Å². The van der Waals surface area contributed by atoms with Gasteiger partial charge in [-0.05, 0) is 29.2 Å². The largest absolute Gasteiger partial charge is 0.466 e. The van der Waals surface area contributed by atoms with E-state index in [1.54, 1.807) is 0 Å². The van der Waals surface area contributed by atoms with Crippen molar-refractivity contribution < 1.29 is 9.53 Å². The van der Waals surface area contributed by atoms with Crippen molar-refractivity contribution in [2.45, 2.75) is 40.5 Å². The Morgan fingerprint density at radius 2 is 1.94 bits per heavy atom. The minimum atomic E-state index is -0.292. The van der Waals surface area contributed by atoms with Crippen LogP contribution in [-0.2, 0) is 9.53 Å². The Labute approximate surface area is 98.4 Å². The van der Waals surface area contributed by atoms with Gasteiger partial charge in [-0.2, -0.15) is 0 Å². The summed E-state index contributed by atoms with van der Waals surface area (Å²) in [5.41, 5.74) is 1.61. The molecule has 0 bridgehead atoms. The topological polar surface area (TPSA) is 26.3 Å². The highest BCUT2D eigenvalue weighted by molar-refractivity contribution is 5.82. The number of hydrogen-bond donors (Lipinski definition) is 0. The molecule has 2 heteroatoms. The number of hydrogen-bond acceptors (Lipinski definition) is 2. The highest BCUT2D eigenvalue weighted by atomic mass is 16.5. The first kappa shape index (κ1) is 13.0. The van der Waals surface area contributed by atoms with Crippen molar-refractivity contribution in [3.63, 3.8) is 0 Å². The Kier molecular flexibility index (Phi) is 3.61. The summed E-state index contributed by atoms with van der Waals surface area (Å²) in [6.45, 7) is 8.90. The standard InChI is InChI=1S/C14H22O2/c1-13(2)8-9-14(3,4)11(10-13)6-7-12(15)16-5/h6-7,10H,8-9H2,1-5H3/b7-6+. The summed E-state index contributed by atoms with van der Waals surface area (Å²) in [7, 11) is 1.40. The minimum Gasteiger partial charge on any atom is -0.466 e. The molecule has 0 spiro atoms. The van der Waals surface area contributed by atoms with E-state index >= 15 is 0 Å². The summed E-state index contributed by atoms with van der Waals surface area (Å²) in [4.78, 5) is 11.1. The quantitative estimate of drug-likeness (QED) is 0.528. The first-order valence-corrected chi connectivity index (χ1v) is 5.76. The number of carbonyl (C=O) groups is 1. The van der Waals surface area contributed by atoms with Crippen LogP contribution in [0.2, 0.25) is 0 Å². The molecule has 16 heavy (non-hydrogen) atoms. The van der Waals surface area contributed by atoms with Gasteiger partial charge in [-0.1, -0.05) is 39.8 Å². The van der Waals surface area contributed by atoms with Crippen molar-refractivity contribution in [1.82, 2.24) is 0 Å². The van der Waals surface area contributed by atoms with Gasteiger partial charge in [0.2, 0.25) is 0 Å². The van der Waals surface area contributed by atoms with E-state index < -0.39 is 0 Å². The molecule has 0 aromatic carbocycles. The molecule has 0 atom stereocenters. The van der Waals surface area contributed by atoms with E-state index in [1.165, 1.54) is 25.2 Å². The van der Waals surface area contributed by atoms with E-state index in [1.807, 2.05) is 6.08 Å². The summed E-state index contributed by atoms with van der Waals surface area (Å²) in [5, 5.41) is 0. The van der Waals surface area contributed by atoms with Crippen LogP contribution in [0.25, 0.3) is 0 Å². The molecule has 0 N–H and O–H groups in total. The second kappa shape index (κ2) is 4.44. The van der Waals surface area contributed by atoms with Gasteiger partial charge < -0.3 is 4.74 Å². The Balaban J connectivity index is 2.94. The number of esters is 1. The van der Waals surface area contributed by atoms with Crippen LogP contribution in [0.1, 0.15) is 40.5 Å². The summed E-state index contributed by atoms with van der Waals surface area (Å²) < 4.78 is 4.61. The van der Waals surface area contributed by atoms with E-state index in [0.717, 1.165) is 6.42 Å².